The molecule has 4 nitrogen and oxygen atoms in total. The average molecular weight is 283 g/mol. The first-order valence-corrected chi connectivity index (χ1v) is 8.36. The summed E-state index contributed by atoms with van der Waals surface area (Å²) in [7, 11) is -3.22. The van der Waals surface area contributed by atoms with Crippen molar-refractivity contribution in [3.8, 4) is 0 Å². The molecule has 0 radical (unpaired) electrons. The SMILES string of the molecule is CCCC1(O)CN(c2ccccc2S(=O)(=O)CC)C1. The van der Waals surface area contributed by atoms with Crippen LogP contribution in [0.25, 0.3) is 0 Å². The highest BCUT2D eigenvalue weighted by Gasteiger charge is 2.41. The summed E-state index contributed by atoms with van der Waals surface area (Å²) in [4.78, 5) is 2.31. The van der Waals surface area contributed by atoms with Gasteiger partial charge in [0.15, 0.2) is 9.84 Å². The van der Waals surface area contributed by atoms with Gasteiger partial charge in [-0.05, 0) is 18.6 Å². The van der Waals surface area contributed by atoms with Crippen molar-refractivity contribution in [3.05, 3.63) is 24.3 Å². The van der Waals surface area contributed by atoms with Crippen molar-refractivity contribution in [1.82, 2.24) is 0 Å². The van der Waals surface area contributed by atoms with Gasteiger partial charge in [-0.1, -0.05) is 32.4 Å². The van der Waals surface area contributed by atoms with E-state index in [0.29, 0.717) is 23.7 Å². The van der Waals surface area contributed by atoms with Crippen LogP contribution >= 0.6 is 0 Å². The molecule has 1 N–H and O–H groups in total. The molecule has 1 aromatic carbocycles. The number of para-hydroxylation sites is 1. The van der Waals surface area contributed by atoms with Gasteiger partial charge in [0, 0.05) is 13.1 Å². The highest BCUT2D eigenvalue weighted by atomic mass is 32.2. The molecular formula is C14H21NO3S. The first-order valence-electron chi connectivity index (χ1n) is 6.71. The van der Waals surface area contributed by atoms with Crippen LogP contribution < -0.4 is 4.90 Å². The van der Waals surface area contributed by atoms with Gasteiger partial charge in [-0.15, -0.1) is 0 Å². The number of β-amino-alcohol motifs (C(OH)–C–C–N with tert-alkyl or cyclic N) is 1. The summed E-state index contributed by atoms with van der Waals surface area (Å²) in [5, 5.41) is 10.2. The lowest BCUT2D eigenvalue weighted by atomic mass is 9.89. The van der Waals surface area contributed by atoms with Crippen LogP contribution in [0.4, 0.5) is 5.69 Å². The van der Waals surface area contributed by atoms with Crippen molar-refractivity contribution in [1.29, 1.82) is 0 Å². The topological polar surface area (TPSA) is 57.6 Å². The van der Waals surface area contributed by atoms with E-state index in [1.165, 1.54) is 0 Å². The molecule has 0 saturated carbocycles. The van der Waals surface area contributed by atoms with E-state index in [1.807, 2.05) is 24.0 Å². The number of rotatable bonds is 5. The maximum absolute atomic E-state index is 12.1. The second kappa shape index (κ2) is 5.13. The second-order valence-electron chi connectivity index (χ2n) is 5.20. The fraction of sp³-hybridized carbons (Fsp3) is 0.571. The Labute approximate surface area is 115 Å². The maximum atomic E-state index is 12.1. The number of nitrogens with zero attached hydrogens (tertiary/aromatic N) is 1. The van der Waals surface area contributed by atoms with Gasteiger partial charge in [0.25, 0.3) is 0 Å². The summed E-state index contributed by atoms with van der Waals surface area (Å²) in [6.07, 6.45) is 1.69. The molecule has 19 heavy (non-hydrogen) atoms. The second-order valence-corrected chi connectivity index (χ2v) is 7.45. The summed E-state index contributed by atoms with van der Waals surface area (Å²) >= 11 is 0. The van der Waals surface area contributed by atoms with Crippen molar-refractivity contribution in [2.45, 2.75) is 37.2 Å². The van der Waals surface area contributed by atoms with Crippen molar-refractivity contribution >= 4 is 15.5 Å². The van der Waals surface area contributed by atoms with Crippen molar-refractivity contribution in [3.63, 3.8) is 0 Å². The Bertz CT molecular complexity index is 548. The minimum Gasteiger partial charge on any atom is -0.386 e. The molecule has 5 heteroatoms. The number of anilines is 1. The Morgan fingerprint density at radius 3 is 2.47 bits per heavy atom. The van der Waals surface area contributed by atoms with E-state index in [1.54, 1.807) is 19.1 Å². The Morgan fingerprint density at radius 2 is 1.89 bits per heavy atom. The molecule has 2 rings (SSSR count). The van der Waals surface area contributed by atoms with Crippen LogP contribution in [-0.4, -0.2) is 38.0 Å². The smallest absolute Gasteiger partial charge is 0.180 e. The van der Waals surface area contributed by atoms with Crippen molar-refractivity contribution in [2.24, 2.45) is 0 Å². The molecule has 106 valence electrons. The van der Waals surface area contributed by atoms with Gasteiger partial charge in [0.1, 0.15) is 0 Å². The fourth-order valence-corrected chi connectivity index (χ4v) is 3.71. The Kier molecular flexibility index (Phi) is 3.87. The molecule has 0 aliphatic carbocycles. The van der Waals surface area contributed by atoms with Gasteiger partial charge >= 0.3 is 0 Å². The van der Waals surface area contributed by atoms with Gasteiger partial charge in [-0.2, -0.15) is 0 Å². The number of aliphatic hydroxyl groups is 1. The van der Waals surface area contributed by atoms with Crippen LogP contribution in [0.1, 0.15) is 26.7 Å². The van der Waals surface area contributed by atoms with Gasteiger partial charge in [0.2, 0.25) is 0 Å². The van der Waals surface area contributed by atoms with E-state index in [-0.39, 0.29) is 5.75 Å². The summed E-state index contributed by atoms with van der Waals surface area (Å²) in [6, 6.07) is 7.03. The lowest BCUT2D eigenvalue weighted by Crippen LogP contribution is -2.62. The van der Waals surface area contributed by atoms with E-state index in [2.05, 4.69) is 0 Å². The molecule has 1 aromatic rings. The minimum absolute atomic E-state index is 0.0943. The highest BCUT2D eigenvalue weighted by molar-refractivity contribution is 7.91. The third-order valence-corrected chi connectivity index (χ3v) is 5.38. The molecule has 0 bridgehead atoms. The molecule has 0 spiro atoms. The molecule has 0 aromatic heterocycles. The van der Waals surface area contributed by atoms with Gasteiger partial charge < -0.3 is 10.0 Å². The first-order chi connectivity index (χ1) is 8.92. The largest absolute Gasteiger partial charge is 0.386 e. The monoisotopic (exact) mass is 283 g/mol. The van der Waals surface area contributed by atoms with E-state index in [9.17, 15) is 13.5 Å². The number of hydrogen-bond acceptors (Lipinski definition) is 4. The Balaban J connectivity index is 2.25. The molecule has 1 saturated heterocycles. The van der Waals surface area contributed by atoms with Gasteiger partial charge in [-0.25, -0.2) is 8.42 Å². The van der Waals surface area contributed by atoms with E-state index >= 15 is 0 Å². The molecule has 1 heterocycles. The average Bonchev–Trinajstić information content (AvgIpc) is 2.36. The molecule has 0 unspecified atom stereocenters. The van der Waals surface area contributed by atoms with Crippen LogP contribution in [-0.2, 0) is 9.84 Å². The van der Waals surface area contributed by atoms with Gasteiger partial charge in [0.05, 0.1) is 21.9 Å². The number of benzene rings is 1. The van der Waals surface area contributed by atoms with Crippen molar-refractivity contribution in [2.75, 3.05) is 23.7 Å². The quantitative estimate of drug-likeness (QED) is 0.895. The Hall–Kier alpha value is -1.07. The van der Waals surface area contributed by atoms with Crippen molar-refractivity contribution < 1.29 is 13.5 Å². The maximum Gasteiger partial charge on any atom is 0.180 e. The van der Waals surface area contributed by atoms with Crippen LogP contribution in [0.5, 0.6) is 0 Å². The molecule has 1 aliphatic heterocycles. The zero-order valence-corrected chi connectivity index (χ0v) is 12.3. The molecule has 0 atom stereocenters. The summed E-state index contributed by atoms with van der Waals surface area (Å²) in [6.45, 7) is 4.71. The van der Waals surface area contributed by atoms with E-state index in [0.717, 1.165) is 12.8 Å². The first kappa shape index (κ1) is 14.3. The summed E-state index contributed by atoms with van der Waals surface area (Å²) < 4.78 is 24.1. The number of hydrogen-bond donors (Lipinski definition) is 1. The summed E-state index contributed by atoms with van der Waals surface area (Å²) in [5.74, 6) is 0.0943. The van der Waals surface area contributed by atoms with Gasteiger partial charge in [-0.3, -0.25) is 0 Å². The molecule has 1 aliphatic rings. The lowest BCUT2D eigenvalue weighted by Gasteiger charge is -2.48. The van der Waals surface area contributed by atoms with E-state index in [4.69, 9.17) is 0 Å². The third-order valence-electron chi connectivity index (χ3n) is 3.61. The van der Waals surface area contributed by atoms with E-state index < -0.39 is 15.4 Å². The normalized spacial score (nSPS) is 18.2. The third kappa shape index (κ3) is 2.77. The highest BCUT2D eigenvalue weighted by Crippen LogP contribution is 2.35. The fourth-order valence-electron chi connectivity index (χ4n) is 2.59. The van der Waals surface area contributed by atoms with Crippen LogP contribution in [0.3, 0.4) is 0 Å². The standard InChI is InChI=1S/C14H21NO3S/c1-3-9-14(16)10-15(11-14)12-7-5-6-8-13(12)19(17,18)4-2/h5-8,16H,3-4,9-11H2,1-2H3. The van der Waals surface area contributed by atoms with Crippen LogP contribution in [0, 0.1) is 0 Å². The molecular weight excluding hydrogens is 262 g/mol. The summed E-state index contributed by atoms with van der Waals surface area (Å²) in [5.41, 5.74) is 0.0582. The zero-order valence-electron chi connectivity index (χ0n) is 11.5. The molecule has 0 amide bonds. The van der Waals surface area contributed by atoms with Crippen LogP contribution in [0.15, 0.2) is 29.2 Å². The van der Waals surface area contributed by atoms with Crippen LogP contribution in [0.2, 0.25) is 0 Å². The predicted octanol–water partition coefficient (Wildman–Crippen LogP) is 1.83. The zero-order chi connectivity index (χ0) is 14.1. The number of sulfone groups is 1. The Morgan fingerprint density at radius 1 is 1.26 bits per heavy atom. The molecule has 1 fully saturated rings. The minimum atomic E-state index is -3.22. The lowest BCUT2D eigenvalue weighted by molar-refractivity contribution is 0.00310. The predicted molar refractivity (Wildman–Crippen MR) is 76.2 cm³/mol.